The third-order valence-corrected chi connectivity index (χ3v) is 3.97. The summed E-state index contributed by atoms with van der Waals surface area (Å²) in [6.07, 6.45) is 4.55. The first-order chi connectivity index (χ1) is 8.56. The van der Waals surface area contributed by atoms with Gasteiger partial charge in [0.15, 0.2) is 0 Å². The van der Waals surface area contributed by atoms with Crippen LogP contribution in [0.1, 0.15) is 45.3 Å². The number of piperidine rings is 1. The van der Waals surface area contributed by atoms with Crippen LogP contribution in [0.5, 0.6) is 0 Å². The summed E-state index contributed by atoms with van der Waals surface area (Å²) >= 11 is 0. The lowest BCUT2D eigenvalue weighted by Crippen LogP contribution is -2.45. The van der Waals surface area contributed by atoms with E-state index in [-0.39, 0.29) is 0 Å². The maximum atomic E-state index is 4.57. The van der Waals surface area contributed by atoms with Crippen molar-refractivity contribution in [2.24, 2.45) is 0 Å². The van der Waals surface area contributed by atoms with Gasteiger partial charge in [0.2, 0.25) is 0 Å². The molecule has 0 spiro atoms. The molecule has 1 aromatic heterocycles. The van der Waals surface area contributed by atoms with Gasteiger partial charge >= 0.3 is 0 Å². The number of likely N-dealkylation sites (tertiary alicyclic amines) is 1. The molecule has 1 fully saturated rings. The first-order valence-electron chi connectivity index (χ1n) is 7.04. The first kappa shape index (κ1) is 13.6. The third-order valence-electron chi connectivity index (χ3n) is 3.97. The van der Waals surface area contributed by atoms with Crippen LogP contribution in [-0.2, 0) is 6.54 Å². The molecule has 0 radical (unpaired) electrons. The molecular formula is C14H26N4. The summed E-state index contributed by atoms with van der Waals surface area (Å²) in [7, 11) is 2.21. The van der Waals surface area contributed by atoms with Gasteiger partial charge in [0.1, 0.15) is 0 Å². The molecule has 2 unspecified atom stereocenters. The van der Waals surface area contributed by atoms with E-state index in [1.807, 2.05) is 4.68 Å². The number of rotatable bonds is 4. The highest BCUT2D eigenvalue weighted by Crippen LogP contribution is 2.15. The summed E-state index contributed by atoms with van der Waals surface area (Å²) in [5.41, 5.74) is 1.15. The lowest BCUT2D eigenvalue weighted by molar-refractivity contribution is 0.168. The van der Waals surface area contributed by atoms with Crippen molar-refractivity contribution >= 4 is 0 Å². The summed E-state index contributed by atoms with van der Waals surface area (Å²) < 4.78 is 2.02. The summed E-state index contributed by atoms with van der Waals surface area (Å²) in [5, 5.41) is 8.21. The first-order valence-corrected chi connectivity index (χ1v) is 7.04. The van der Waals surface area contributed by atoms with E-state index >= 15 is 0 Å². The molecule has 1 aliphatic heterocycles. The molecule has 0 aromatic carbocycles. The fourth-order valence-corrected chi connectivity index (χ4v) is 2.48. The molecular weight excluding hydrogens is 224 g/mol. The monoisotopic (exact) mass is 250 g/mol. The second-order valence-electron chi connectivity index (χ2n) is 5.81. The molecule has 2 heterocycles. The third kappa shape index (κ3) is 3.33. The van der Waals surface area contributed by atoms with Crippen molar-refractivity contribution < 1.29 is 0 Å². The van der Waals surface area contributed by atoms with Crippen molar-refractivity contribution in [1.29, 1.82) is 0 Å². The molecule has 4 heteroatoms. The zero-order valence-electron chi connectivity index (χ0n) is 12.1. The molecule has 1 aromatic rings. The Morgan fingerprint density at radius 1 is 1.50 bits per heavy atom. The highest BCUT2D eigenvalue weighted by atomic mass is 15.3. The van der Waals surface area contributed by atoms with Crippen molar-refractivity contribution in [2.45, 2.75) is 58.3 Å². The molecule has 0 saturated carbocycles. The molecule has 1 aliphatic rings. The Morgan fingerprint density at radius 3 is 2.89 bits per heavy atom. The molecule has 0 aliphatic carbocycles. The molecule has 102 valence electrons. The maximum absolute atomic E-state index is 4.57. The predicted molar refractivity (Wildman–Crippen MR) is 74.6 cm³/mol. The summed E-state index contributed by atoms with van der Waals surface area (Å²) in [4.78, 5) is 2.44. The van der Waals surface area contributed by atoms with Crippen LogP contribution in [0, 0.1) is 0 Å². The van der Waals surface area contributed by atoms with Crippen LogP contribution in [0.2, 0.25) is 0 Å². The van der Waals surface area contributed by atoms with Crippen LogP contribution in [0.3, 0.4) is 0 Å². The lowest BCUT2D eigenvalue weighted by Gasteiger charge is -2.35. The van der Waals surface area contributed by atoms with Gasteiger partial charge in [0.25, 0.3) is 0 Å². The largest absolute Gasteiger partial charge is 0.308 e. The van der Waals surface area contributed by atoms with Crippen LogP contribution in [0.25, 0.3) is 0 Å². The Kier molecular flexibility index (Phi) is 4.40. The molecule has 2 atom stereocenters. The van der Waals surface area contributed by atoms with Crippen molar-refractivity contribution in [3.63, 3.8) is 0 Å². The molecule has 1 N–H and O–H groups in total. The second-order valence-corrected chi connectivity index (χ2v) is 5.81. The molecule has 2 rings (SSSR count). The van der Waals surface area contributed by atoms with Gasteiger partial charge in [-0.15, -0.1) is 0 Å². The smallest absolute Gasteiger partial charge is 0.0762 e. The summed E-state index contributed by atoms with van der Waals surface area (Å²) in [6, 6.07) is 3.89. The van der Waals surface area contributed by atoms with E-state index in [1.165, 1.54) is 19.4 Å². The van der Waals surface area contributed by atoms with E-state index in [0.717, 1.165) is 12.2 Å². The Labute approximate surface area is 110 Å². The molecule has 0 bridgehead atoms. The van der Waals surface area contributed by atoms with Crippen LogP contribution in [0.4, 0.5) is 0 Å². The topological polar surface area (TPSA) is 33.1 Å². The minimum absolute atomic E-state index is 0.446. The SMILES string of the molecule is CC1CC(NCc2ccn(C(C)C)n2)CCN1C. The maximum Gasteiger partial charge on any atom is 0.0762 e. The Hall–Kier alpha value is -0.870. The van der Waals surface area contributed by atoms with E-state index in [0.29, 0.717) is 18.1 Å². The average Bonchev–Trinajstić information content (AvgIpc) is 2.79. The van der Waals surface area contributed by atoms with E-state index in [9.17, 15) is 0 Å². The normalized spacial score (nSPS) is 25.8. The van der Waals surface area contributed by atoms with Crippen molar-refractivity contribution in [1.82, 2.24) is 20.0 Å². The zero-order valence-corrected chi connectivity index (χ0v) is 12.1. The minimum atomic E-state index is 0.446. The van der Waals surface area contributed by atoms with Crippen LogP contribution >= 0.6 is 0 Å². The van der Waals surface area contributed by atoms with Crippen LogP contribution in [-0.4, -0.2) is 40.4 Å². The van der Waals surface area contributed by atoms with Gasteiger partial charge in [-0.25, -0.2) is 0 Å². The second kappa shape index (κ2) is 5.85. The Morgan fingerprint density at radius 2 is 2.28 bits per heavy atom. The van der Waals surface area contributed by atoms with E-state index in [4.69, 9.17) is 0 Å². The van der Waals surface area contributed by atoms with Gasteiger partial charge in [-0.05, 0) is 53.3 Å². The quantitative estimate of drug-likeness (QED) is 0.887. The van der Waals surface area contributed by atoms with Crippen LogP contribution in [0.15, 0.2) is 12.3 Å². The van der Waals surface area contributed by atoms with Crippen molar-refractivity contribution in [3.05, 3.63) is 18.0 Å². The van der Waals surface area contributed by atoms with E-state index in [1.54, 1.807) is 0 Å². The molecule has 0 amide bonds. The highest BCUT2D eigenvalue weighted by Gasteiger charge is 2.22. The van der Waals surface area contributed by atoms with Gasteiger partial charge in [-0.3, -0.25) is 4.68 Å². The van der Waals surface area contributed by atoms with Gasteiger partial charge in [-0.1, -0.05) is 0 Å². The van der Waals surface area contributed by atoms with Gasteiger partial charge < -0.3 is 10.2 Å². The fraction of sp³-hybridized carbons (Fsp3) is 0.786. The van der Waals surface area contributed by atoms with Gasteiger partial charge in [-0.2, -0.15) is 5.10 Å². The zero-order chi connectivity index (χ0) is 13.1. The molecule has 18 heavy (non-hydrogen) atoms. The average molecular weight is 250 g/mol. The predicted octanol–water partition coefficient (Wildman–Crippen LogP) is 2.04. The fourth-order valence-electron chi connectivity index (χ4n) is 2.48. The van der Waals surface area contributed by atoms with Crippen molar-refractivity contribution in [3.8, 4) is 0 Å². The summed E-state index contributed by atoms with van der Waals surface area (Å²) in [6.45, 7) is 8.70. The summed E-state index contributed by atoms with van der Waals surface area (Å²) in [5.74, 6) is 0. The van der Waals surface area contributed by atoms with E-state index in [2.05, 4.69) is 55.4 Å². The number of nitrogens with zero attached hydrogens (tertiary/aromatic N) is 3. The van der Waals surface area contributed by atoms with Gasteiger partial charge in [0, 0.05) is 30.9 Å². The highest BCUT2D eigenvalue weighted by molar-refractivity contribution is 4.99. The number of hydrogen-bond donors (Lipinski definition) is 1. The number of aromatic nitrogens is 2. The van der Waals surface area contributed by atoms with E-state index < -0.39 is 0 Å². The molecule has 1 saturated heterocycles. The lowest BCUT2D eigenvalue weighted by atomic mass is 9.99. The Balaban J connectivity index is 1.80. The van der Waals surface area contributed by atoms with Crippen molar-refractivity contribution in [2.75, 3.05) is 13.6 Å². The molecule has 4 nitrogen and oxygen atoms in total. The standard InChI is InChI=1S/C14H26N4/c1-11(2)18-8-6-14(16-18)10-15-13-5-7-17(4)12(3)9-13/h6,8,11-13,15H,5,7,9-10H2,1-4H3. The minimum Gasteiger partial charge on any atom is -0.308 e. The number of nitrogens with one attached hydrogen (secondary N) is 1. The van der Waals surface area contributed by atoms with Crippen LogP contribution < -0.4 is 5.32 Å². The van der Waals surface area contributed by atoms with Gasteiger partial charge in [0.05, 0.1) is 5.69 Å². The number of hydrogen-bond acceptors (Lipinski definition) is 3. The Bertz CT molecular complexity index is 372.